The molecule has 0 fully saturated rings. The van der Waals surface area contributed by atoms with Crippen LogP contribution in [0.2, 0.25) is 5.02 Å². The SMILES string of the molecule is Cc1ccc(S(=O)(=O)N2CCc3c([nH]n(-c4c(C)cc(C(F)(F)F)cc4Cl)c3=O)-c3cccnc32)cc1. The maximum Gasteiger partial charge on any atom is 0.416 e. The Labute approximate surface area is 215 Å². The lowest BCUT2D eigenvalue weighted by molar-refractivity contribution is -0.137. The molecule has 3 heterocycles. The Hall–Kier alpha value is -3.57. The smallest absolute Gasteiger partial charge is 0.290 e. The first kappa shape index (κ1) is 25.1. The summed E-state index contributed by atoms with van der Waals surface area (Å²) in [5.41, 5.74) is 0.630. The number of H-pyrrole nitrogens is 1. The Balaban J connectivity index is 1.66. The Bertz CT molecular complexity index is 1670. The van der Waals surface area contributed by atoms with Crippen molar-refractivity contribution in [3.8, 4) is 16.9 Å². The predicted molar refractivity (Wildman–Crippen MR) is 134 cm³/mol. The van der Waals surface area contributed by atoms with Crippen molar-refractivity contribution in [2.75, 3.05) is 10.8 Å². The Morgan fingerprint density at radius 1 is 1.08 bits per heavy atom. The highest BCUT2D eigenvalue weighted by Gasteiger charge is 2.35. The molecule has 37 heavy (non-hydrogen) atoms. The van der Waals surface area contributed by atoms with Crippen LogP contribution in [-0.4, -0.2) is 29.7 Å². The van der Waals surface area contributed by atoms with E-state index in [2.05, 4.69) is 10.1 Å². The van der Waals surface area contributed by atoms with Crippen molar-refractivity contribution in [3.63, 3.8) is 0 Å². The van der Waals surface area contributed by atoms with E-state index in [1.54, 1.807) is 24.3 Å². The molecule has 12 heteroatoms. The van der Waals surface area contributed by atoms with Crippen LogP contribution in [0, 0.1) is 13.8 Å². The normalized spacial score (nSPS) is 13.7. The number of hydrogen-bond donors (Lipinski definition) is 1. The molecule has 0 saturated heterocycles. The van der Waals surface area contributed by atoms with Gasteiger partial charge in [0.15, 0.2) is 5.82 Å². The summed E-state index contributed by atoms with van der Waals surface area (Å²) in [5, 5.41) is 2.70. The monoisotopic (exact) mass is 548 g/mol. The number of alkyl halides is 3. The number of fused-ring (bicyclic) bond motifs is 3. The average Bonchev–Trinajstić information content (AvgIpc) is 3.04. The van der Waals surface area contributed by atoms with Gasteiger partial charge in [0.25, 0.3) is 15.6 Å². The molecule has 1 aliphatic heterocycles. The van der Waals surface area contributed by atoms with Gasteiger partial charge in [-0.1, -0.05) is 29.3 Å². The first-order chi connectivity index (χ1) is 17.4. The molecule has 0 aliphatic carbocycles. The van der Waals surface area contributed by atoms with E-state index in [1.165, 1.54) is 29.6 Å². The molecule has 0 amide bonds. The fraction of sp³-hybridized carbons (Fsp3) is 0.200. The number of aromatic amines is 1. The van der Waals surface area contributed by atoms with Gasteiger partial charge >= 0.3 is 6.18 Å². The summed E-state index contributed by atoms with van der Waals surface area (Å²) in [6, 6.07) is 11.4. The molecule has 1 N–H and O–H groups in total. The van der Waals surface area contributed by atoms with Crippen molar-refractivity contribution in [1.29, 1.82) is 0 Å². The molecule has 0 spiro atoms. The zero-order valence-electron chi connectivity index (χ0n) is 19.6. The molecular weight excluding hydrogens is 529 g/mol. The van der Waals surface area contributed by atoms with Gasteiger partial charge in [0.2, 0.25) is 0 Å². The minimum Gasteiger partial charge on any atom is -0.290 e. The Morgan fingerprint density at radius 2 is 1.78 bits per heavy atom. The van der Waals surface area contributed by atoms with E-state index in [4.69, 9.17) is 11.6 Å². The third kappa shape index (κ3) is 4.21. The number of halogens is 4. The summed E-state index contributed by atoms with van der Waals surface area (Å²) in [7, 11) is -4.00. The number of benzene rings is 2. The minimum atomic E-state index is -4.60. The molecule has 0 unspecified atom stereocenters. The first-order valence-corrected chi connectivity index (χ1v) is 13.0. The van der Waals surface area contributed by atoms with E-state index < -0.39 is 27.3 Å². The van der Waals surface area contributed by atoms with E-state index in [-0.39, 0.29) is 45.5 Å². The third-order valence-electron chi connectivity index (χ3n) is 6.26. The summed E-state index contributed by atoms with van der Waals surface area (Å²) >= 11 is 6.23. The van der Waals surface area contributed by atoms with Crippen LogP contribution >= 0.6 is 11.6 Å². The van der Waals surface area contributed by atoms with Gasteiger partial charge in [-0.3, -0.25) is 9.89 Å². The summed E-state index contributed by atoms with van der Waals surface area (Å²) < 4.78 is 69.1. The second kappa shape index (κ2) is 8.77. The van der Waals surface area contributed by atoms with Crippen LogP contribution in [0.15, 0.2) is 64.4 Å². The van der Waals surface area contributed by atoms with Gasteiger partial charge in [-0.25, -0.2) is 22.4 Å². The number of sulfonamides is 1. The predicted octanol–water partition coefficient (Wildman–Crippen LogP) is 5.27. The fourth-order valence-electron chi connectivity index (χ4n) is 4.45. The van der Waals surface area contributed by atoms with Gasteiger partial charge in [0.05, 0.1) is 26.9 Å². The zero-order chi connectivity index (χ0) is 26.7. The number of aromatic nitrogens is 3. The standard InChI is InChI=1S/C25H20ClF3N4O3S/c1-14-5-7-17(8-6-14)37(35,36)32-11-9-19-21(18-4-3-10-30-23(18)32)31-33(24(19)34)22-15(2)12-16(13-20(22)26)25(27,28)29/h3-8,10,12-13,31H,9,11H2,1-2H3. The summed E-state index contributed by atoms with van der Waals surface area (Å²) in [6.07, 6.45) is -3.11. The van der Waals surface area contributed by atoms with Crippen molar-refractivity contribution in [2.24, 2.45) is 0 Å². The minimum absolute atomic E-state index is 0.0381. The number of nitrogens with zero attached hydrogens (tertiary/aromatic N) is 3. The van der Waals surface area contributed by atoms with E-state index in [0.29, 0.717) is 11.3 Å². The van der Waals surface area contributed by atoms with Crippen molar-refractivity contribution in [2.45, 2.75) is 31.3 Å². The van der Waals surface area contributed by atoms with Gasteiger partial charge in [-0.15, -0.1) is 0 Å². The van der Waals surface area contributed by atoms with Crippen LogP contribution in [0.5, 0.6) is 0 Å². The molecular formula is C25H20ClF3N4O3S. The lowest BCUT2D eigenvalue weighted by atomic mass is 10.1. The molecule has 4 aromatic rings. The Kier molecular flexibility index (Phi) is 5.95. The maximum atomic E-state index is 13.5. The second-order valence-corrected chi connectivity index (χ2v) is 11.0. The summed E-state index contributed by atoms with van der Waals surface area (Å²) in [5.74, 6) is 0.130. The molecule has 0 radical (unpaired) electrons. The second-order valence-electron chi connectivity index (χ2n) is 8.74. The van der Waals surface area contributed by atoms with Crippen LogP contribution in [0.25, 0.3) is 16.9 Å². The molecule has 2 aromatic heterocycles. The fourth-order valence-corrected chi connectivity index (χ4v) is 6.24. The van der Waals surface area contributed by atoms with E-state index in [0.717, 1.165) is 22.4 Å². The van der Waals surface area contributed by atoms with E-state index >= 15 is 0 Å². The van der Waals surface area contributed by atoms with Gasteiger partial charge in [-0.05, 0) is 62.2 Å². The highest BCUT2D eigenvalue weighted by Crippen LogP contribution is 2.38. The number of rotatable bonds is 3. The lowest BCUT2D eigenvalue weighted by Crippen LogP contribution is -2.34. The van der Waals surface area contributed by atoms with Crippen LogP contribution < -0.4 is 9.86 Å². The van der Waals surface area contributed by atoms with Crippen molar-refractivity contribution < 1.29 is 21.6 Å². The lowest BCUT2D eigenvalue weighted by Gasteiger charge is -2.23. The molecule has 192 valence electrons. The third-order valence-corrected chi connectivity index (χ3v) is 8.35. The largest absolute Gasteiger partial charge is 0.416 e. The molecule has 7 nitrogen and oxygen atoms in total. The zero-order valence-corrected chi connectivity index (χ0v) is 21.2. The summed E-state index contributed by atoms with van der Waals surface area (Å²) in [4.78, 5) is 17.9. The molecule has 2 aromatic carbocycles. The van der Waals surface area contributed by atoms with Gasteiger partial charge in [-0.2, -0.15) is 13.2 Å². The van der Waals surface area contributed by atoms with E-state index in [1.807, 2.05) is 6.92 Å². The number of nitrogens with one attached hydrogen (secondary N) is 1. The molecule has 0 saturated carbocycles. The van der Waals surface area contributed by atoms with Crippen LogP contribution in [0.1, 0.15) is 22.3 Å². The highest BCUT2D eigenvalue weighted by atomic mass is 35.5. The van der Waals surface area contributed by atoms with E-state index in [9.17, 15) is 26.4 Å². The number of pyridine rings is 1. The van der Waals surface area contributed by atoms with Crippen LogP contribution in [0.3, 0.4) is 0 Å². The van der Waals surface area contributed by atoms with Crippen molar-refractivity contribution in [3.05, 3.63) is 92.4 Å². The van der Waals surface area contributed by atoms with Crippen LogP contribution in [0.4, 0.5) is 19.0 Å². The maximum absolute atomic E-state index is 13.5. The number of hydrogen-bond acceptors (Lipinski definition) is 4. The number of aryl methyl sites for hydroxylation is 2. The molecule has 0 bridgehead atoms. The summed E-state index contributed by atoms with van der Waals surface area (Å²) in [6.45, 7) is 3.21. The quantitative estimate of drug-likeness (QED) is 0.378. The molecule has 1 aliphatic rings. The first-order valence-electron chi connectivity index (χ1n) is 11.2. The van der Waals surface area contributed by atoms with Crippen molar-refractivity contribution in [1.82, 2.24) is 14.8 Å². The van der Waals surface area contributed by atoms with Gasteiger partial charge in [0.1, 0.15) is 0 Å². The Morgan fingerprint density at radius 3 is 2.43 bits per heavy atom. The van der Waals surface area contributed by atoms with Crippen molar-refractivity contribution >= 4 is 27.4 Å². The molecule has 5 rings (SSSR count). The van der Waals surface area contributed by atoms with Gasteiger partial charge in [0, 0.05) is 23.9 Å². The highest BCUT2D eigenvalue weighted by molar-refractivity contribution is 7.92. The average molecular weight is 549 g/mol. The molecule has 0 atom stereocenters. The van der Waals surface area contributed by atoms with Gasteiger partial charge < -0.3 is 0 Å². The number of anilines is 1. The topological polar surface area (TPSA) is 88.1 Å². The van der Waals surface area contributed by atoms with Crippen LogP contribution in [-0.2, 0) is 22.6 Å².